The first-order valence-corrected chi connectivity index (χ1v) is 6.13. The molecule has 0 saturated heterocycles. The molecule has 0 unspecified atom stereocenters. The largest absolute Gasteiger partial charge is 0.324 e. The minimum Gasteiger partial charge on any atom is -0.324 e. The molecule has 2 rings (SSSR count). The predicted molar refractivity (Wildman–Crippen MR) is 61.4 cm³/mol. The second-order valence-electron chi connectivity index (χ2n) is 3.63. The lowest BCUT2D eigenvalue weighted by Gasteiger charge is -2.13. The lowest BCUT2D eigenvalue weighted by molar-refractivity contribution is 0.632. The number of aromatic nitrogens is 2. The number of nitrogens with one attached hydrogen (secondary N) is 1. The summed E-state index contributed by atoms with van der Waals surface area (Å²) in [7, 11) is 0. The minimum absolute atomic E-state index is 0.125. The molecule has 1 heterocycles. The van der Waals surface area contributed by atoms with E-state index in [1.54, 1.807) is 6.20 Å². The van der Waals surface area contributed by atoms with Crippen LogP contribution in [0.5, 0.6) is 0 Å². The fourth-order valence-electron chi connectivity index (χ4n) is 1.45. The third-order valence-corrected chi connectivity index (χ3v) is 4.34. The summed E-state index contributed by atoms with van der Waals surface area (Å²) in [5, 5.41) is 0. The molecule has 0 aromatic carbocycles. The smallest absolute Gasteiger partial charge is 0.251 e. The third kappa shape index (κ3) is 1.93. The first-order chi connectivity index (χ1) is 6.65. The molecular weight excluding hydrogens is 216 g/mol. The molecule has 3 nitrogen and oxygen atoms in total. The molecule has 1 saturated carbocycles. The molecule has 0 spiro atoms. The molecule has 1 aliphatic rings. The van der Waals surface area contributed by atoms with Gasteiger partial charge in [-0.05, 0) is 31.3 Å². The van der Waals surface area contributed by atoms with Crippen LogP contribution in [0.25, 0.3) is 0 Å². The Bertz CT molecular complexity index is 445. The summed E-state index contributed by atoms with van der Waals surface area (Å²) >= 11 is 6.97. The predicted octanol–water partition coefficient (Wildman–Crippen LogP) is 1.80. The van der Waals surface area contributed by atoms with Crippen molar-refractivity contribution in [1.82, 2.24) is 9.55 Å². The molecule has 0 amide bonds. The van der Waals surface area contributed by atoms with Crippen molar-refractivity contribution in [1.29, 1.82) is 0 Å². The zero-order valence-corrected chi connectivity index (χ0v) is 9.58. The molecule has 76 valence electrons. The van der Waals surface area contributed by atoms with Gasteiger partial charge in [-0.15, -0.1) is 0 Å². The van der Waals surface area contributed by atoms with Gasteiger partial charge in [-0.25, -0.2) is 0 Å². The van der Waals surface area contributed by atoms with Gasteiger partial charge in [0, 0.05) is 23.6 Å². The quantitative estimate of drug-likeness (QED) is 0.802. The van der Waals surface area contributed by atoms with Crippen LogP contribution in [0.2, 0.25) is 0 Å². The monoisotopic (exact) mass is 228 g/mol. The second-order valence-corrected chi connectivity index (χ2v) is 5.29. The normalized spacial score (nSPS) is 18.1. The summed E-state index contributed by atoms with van der Waals surface area (Å²) in [5.74, 6) is 0. The molecule has 0 bridgehead atoms. The van der Waals surface area contributed by atoms with Crippen molar-refractivity contribution in [2.24, 2.45) is 0 Å². The number of hydrogen-bond acceptors (Lipinski definition) is 3. The van der Waals surface area contributed by atoms with Gasteiger partial charge in [0.05, 0.1) is 0 Å². The number of aromatic amines is 1. The van der Waals surface area contributed by atoms with Crippen molar-refractivity contribution in [2.45, 2.75) is 24.1 Å². The van der Waals surface area contributed by atoms with Crippen molar-refractivity contribution in [3.05, 3.63) is 27.4 Å². The highest BCUT2D eigenvalue weighted by Crippen LogP contribution is 2.48. The molecule has 0 radical (unpaired) electrons. The van der Waals surface area contributed by atoms with E-state index in [1.165, 1.54) is 18.9 Å². The molecule has 1 aromatic heterocycles. The maximum Gasteiger partial charge on any atom is 0.251 e. The van der Waals surface area contributed by atoms with Crippen LogP contribution in [0.15, 0.2) is 17.1 Å². The van der Waals surface area contributed by atoms with Gasteiger partial charge in [0.15, 0.2) is 4.77 Å². The fraction of sp³-hybridized carbons (Fsp3) is 0.556. The van der Waals surface area contributed by atoms with Crippen LogP contribution in [0, 0.1) is 4.77 Å². The Morgan fingerprint density at radius 2 is 2.43 bits per heavy atom. The maximum absolute atomic E-state index is 11.0. The van der Waals surface area contributed by atoms with Crippen LogP contribution >= 0.6 is 24.0 Å². The van der Waals surface area contributed by atoms with Crippen molar-refractivity contribution in [3.8, 4) is 0 Å². The molecular formula is C9H12N2OS2. The maximum atomic E-state index is 11.0. The first kappa shape index (κ1) is 9.98. The topological polar surface area (TPSA) is 37.8 Å². The fourth-order valence-corrected chi connectivity index (χ4v) is 2.45. The lowest BCUT2D eigenvalue weighted by Crippen LogP contribution is -2.18. The lowest BCUT2D eigenvalue weighted by atomic mass is 10.4. The van der Waals surface area contributed by atoms with Gasteiger partial charge in [-0.1, -0.05) is 0 Å². The van der Waals surface area contributed by atoms with Gasteiger partial charge in [0.1, 0.15) is 0 Å². The Morgan fingerprint density at radius 3 is 2.93 bits per heavy atom. The van der Waals surface area contributed by atoms with Gasteiger partial charge in [0.2, 0.25) is 0 Å². The van der Waals surface area contributed by atoms with Crippen LogP contribution in [0.1, 0.15) is 12.8 Å². The van der Waals surface area contributed by atoms with E-state index in [9.17, 15) is 4.79 Å². The molecule has 14 heavy (non-hydrogen) atoms. The van der Waals surface area contributed by atoms with E-state index in [2.05, 4.69) is 11.2 Å². The average molecular weight is 228 g/mol. The van der Waals surface area contributed by atoms with Crippen LogP contribution < -0.4 is 5.56 Å². The summed E-state index contributed by atoms with van der Waals surface area (Å²) in [6.45, 7) is 0.907. The van der Waals surface area contributed by atoms with Gasteiger partial charge in [-0.2, -0.15) is 11.8 Å². The second kappa shape index (κ2) is 3.55. The standard InChI is InChI=1S/C9H12N2OS2/c1-14-9(3-4-9)6-11-5-2-7(12)10-8(11)13/h2,5H,3-4,6H2,1H3,(H,10,12,13). The van der Waals surface area contributed by atoms with E-state index >= 15 is 0 Å². The molecule has 0 atom stereocenters. The Morgan fingerprint density at radius 1 is 1.71 bits per heavy atom. The highest BCUT2D eigenvalue weighted by molar-refractivity contribution is 8.00. The Balaban J connectivity index is 2.26. The first-order valence-electron chi connectivity index (χ1n) is 4.50. The summed E-state index contributed by atoms with van der Waals surface area (Å²) in [4.78, 5) is 13.6. The van der Waals surface area contributed by atoms with E-state index < -0.39 is 0 Å². The zero-order valence-electron chi connectivity index (χ0n) is 7.95. The average Bonchev–Trinajstić information content (AvgIpc) is 2.91. The van der Waals surface area contributed by atoms with Crippen molar-refractivity contribution in [2.75, 3.05) is 6.26 Å². The Kier molecular flexibility index (Phi) is 2.53. The highest BCUT2D eigenvalue weighted by atomic mass is 32.2. The van der Waals surface area contributed by atoms with Gasteiger partial charge in [-0.3, -0.25) is 9.78 Å². The molecule has 1 aliphatic carbocycles. The third-order valence-electron chi connectivity index (χ3n) is 2.60. The Hall–Kier alpha value is -0.550. The molecule has 0 aliphatic heterocycles. The molecule has 1 N–H and O–H groups in total. The van der Waals surface area contributed by atoms with Crippen molar-refractivity contribution >= 4 is 24.0 Å². The minimum atomic E-state index is -0.125. The van der Waals surface area contributed by atoms with E-state index in [1.807, 2.05) is 16.3 Å². The zero-order chi connectivity index (χ0) is 10.2. The van der Waals surface area contributed by atoms with Crippen LogP contribution in [-0.4, -0.2) is 20.6 Å². The van der Waals surface area contributed by atoms with Crippen LogP contribution in [0.3, 0.4) is 0 Å². The van der Waals surface area contributed by atoms with E-state index in [0.717, 1.165) is 6.54 Å². The van der Waals surface area contributed by atoms with E-state index in [4.69, 9.17) is 12.2 Å². The van der Waals surface area contributed by atoms with Gasteiger partial charge >= 0.3 is 0 Å². The number of hydrogen-bond donors (Lipinski definition) is 1. The molecule has 1 aromatic rings. The number of rotatable bonds is 3. The number of thioether (sulfide) groups is 1. The van der Waals surface area contributed by atoms with Crippen molar-refractivity contribution < 1.29 is 0 Å². The highest BCUT2D eigenvalue weighted by Gasteiger charge is 2.42. The molecule has 5 heteroatoms. The number of H-pyrrole nitrogens is 1. The van der Waals surface area contributed by atoms with Gasteiger partial charge < -0.3 is 4.57 Å². The summed E-state index contributed by atoms with van der Waals surface area (Å²) in [6, 6.07) is 1.52. The summed E-state index contributed by atoms with van der Waals surface area (Å²) in [6.07, 6.45) is 6.39. The van der Waals surface area contributed by atoms with Gasteiger partial charge in [0.25, 0.3) is 5.56 Å². The van der Waals surface area contributed by atoms with E-state index in [-0.39, 0.29) is 5.56 Å². The summed E-state index contributed by atoms with van der Waals surface area (Å²) < 4.78 is 2.84. The van der Waals surface area contributed by atoms with E-state index in [0.29, 0.717) is 9.52 Å². The molecule has 1 fully saturated rings. The van der Waals surface area contributed by atoms with Crippen LogP contribution in [0.4, 0.5) is 0 Å². The van der Waals surface area contributed by atoms with Crippen LogP contribution in [-0.2, 0) is 6.54 Å². The van der Waals surface area contributed by atoms with Crippen molar-refractivity contribution in [3.63, 3.8) is 0 Å². The number of nitrogens with zero attached hydrogens (tertiary/aromatic N) is 1. The SMILES string of the molecule is CSC1(Cn2ccc(=O)[nH]c2=S)CC1. The Labute approximate surface area is 91.5 Å². The summed E-state index contributed by atoms with van der Waals surface area (Å²) in [5.41, 5.74) is -0.125.